The first-order valence-corrected chi connectivity index (χ1v) is 10.4. The molecule has 2 aromatic heterocycles. The van der Waals surface area contributed by atoms with Crippen molar-refractivity contribution < 1.29 is 4.79 Å². The third kappa shape index (κ3) is 4.78. The van der Waals surface area contributed by atoms with Crippen LogP contribution in [0.25, 0.3) is 5.69 Å². The minimum atomic E-state index is 0.0974. The van der Waals surface area contributed by atoms with Gasteiger partial charge in [-0.3, -0.25) is 4.79 Å². The standard InChI is InChI=1S/C21H25N5OS/c1-15-19(16(2)24-21(23-15)28-4)10-11-20(27)25(3)13-17-12-22-26(14-17)18-8-6-5-7-9-18/h5-9,12,14H,10-11,13H2,1-4H3. The maximum absolute atomic E-state index is 12.6. The SMILES string of the molecule is CSc1nc(C)c(CCC(=O)N(C)Cc2cnn(-c3ccccc3)c2)c(C)n1. The van der Waals surface area contributed by atoms with Crippen molar-refractivity contribution in [3.8, 4) is 5.69 Å². The van der Waals surface area contributed by atoms with Crippen molar-refractivity contribution in [3.05, 3.63) is 65.2 Å². The fourth-order valence-electron chi connectivity index (χ4n) is 3.11. The summed E-state index contributed by atoms with van der Waals surface area (Å²) < 4.78 is 1.82. The molecule has 0 aliphatic heterocycles. The fraction of sp³-hybridized carbons (Fsp3) is 0.333. The van der Waals surface area contributed by atoms with Crippen molar-refractivity contribution in [3.63, 3.8) is 0 Å². The summed E-state index contributed by atoms with van der Waals surface area (Å²) in [6.07, 6.45) is 6.82. The number of thioether (sulfide) groups is 1. The van der Waals surface area contributed by atoms with Gasteiger partial charge in [0.05, 0.1) is 11.9 Å². The molecular weight excluding hydrogens is 370 g/mol. The molecule has 0 fully saturated rings. The second-order valence-electron chi connectivity index (χ2n) is 6.74. The number of para-hydroxylation sites is 1. The van der Waals surface area contributed by atoms with Crippen LogP contribution in [0.1, 0.15) is 28.9 Å². The second-order valence-corrected chi connectivity index (χ2v) is 7.51. The van der Waals surface area contributed by atoms with Crippen molar-refractivity contribution in [1.29, 1.82) is 0 Å². The van der Waals surface area contributed by atoms with E-state index in [4.69, 9.17) is 0 Å². The van der Waals surface area contributed by atoms with Gasteiger partial charge in [0.25, 0.3) is 0 Å². The molecule has 2 heterocycles. The van der Waals surface area contributed by atoms with E-state index in [2.05, 4.69) is 15.1 Å². The Kier molecular flexibility index (Phi) is 6.46. The maximum Gasteiger partial charge on any atom is 0.222 e. The molecule has 0 N–H and O–H groups in total. The van der Waals surface area contributed by atoms with Gasteiger partial charge in [-0.15, -0.1) is 0 Å². The quantitative estimate of drug-likeness (QED) is 0.452. The first-order chi connectivity index (χ1) is 13.5. The summed E-state index contributed by atoms with van der Waals surface area (Å²) in [5.74, 6) is 0.0974. The van der Waals surface area contributed by atoms with Crippen LogP contribution in [0.5, 0.6) is 0 Å². The zero-order valence-electron chi connectivity index (χ0n) is 16.7. The molecule has 0 atom stereocenters. The summed E-state index contributed by atoms with van der Waals surface area (Å²) in [6.45, 7) is 4.50. The first-order valence-electron chi connectivity index (χ1n) is 9.19. The van der Waals surface area contributed by atoms with E-state index in [0.717, 1.165) is 33.4 Å². The topological polar surface area (TPSA) is 63.9 Å². The Labute approximate surface area is 170 Å². The van der Waals surface area contributed by atoms with Crippen LogP contribution < -0.4 is 0 Å². The second kappa shape index (κ2) is 9.01. The van der Waals surface area contributed by atoms with E-state index in [1.807, 2.05) is 68.4 Å². The number of carbonyl (C=O) groups is 1. The summed E-state index contributed by atoms with van der Waals surface area (Å²) in [4.78, 5) is 23.3. The number of aromatic nitrogens is 4. The van der Waals surface area contributed by atoms with E-state index in [9.17, 15) is 4.79 Å². The smallest absolute Gasteiger partial charge is 0.222 e. The molecule has 3 aromatic rings. The minimum Gasteiger partial charge on any atom is -0.341 e. The predicted octanol–water partition coefficient (Wildman–Crippen LogP) is 3.59. The Bertz CT molecular complexity index is 931. The van der Waals surface area contributed by atoms with Crippen molar-refractivity contribution in [2.75, 3.05) is 13.3 Å². The van der Waals surface area contributed by atoms with E-state index >= 15 is 0 Å². The van der Waals surface area contributed by atoms with Crippen LogP contribution in [0, 0.1) is 13.8 Å². The van der Waals surface area contributed by atoms with Gasteiger partial charge in [-0.25, -0.2) is 14.6 Å². The number of hydrogen-bond donors (Lipinski definition) is 0. The molecule has 146 valence electrons. The van der Waals surface area contributed by atoms with Crippen molar-refractivity contribution >= 4 is 17.7 Å². The van der Waals surface area contributed by atoms with Gasteiger partial charge in [-0.2, -0.15) is 5.10 Å². The average molecular weight is 396 g/mol. The highest BCUT2D eigenvalue weighted by Gasteiger charge is 2.14. The molecule has 1 amide bonds. The summed E-state index contributed by atoms with van der Waals surface area (Å²) in [5.41, 5.74) is 4.98. The molecular formula is C21H25N5OS. The van der Waals surface area contributed by atoms with Crippen molar-refractivity contribution in [1.82, 2.24) is 24.6 Å². The number of carbonyl (C=O) groups excluding carboxylic acids is 1. The van der Waals surface area contributed by atoms with Gasteiger partial charge in [0.2, 0.25) is 5.91 Å². The third-order valence-electron chi connectivity index (χ3n) is 4.67. The summed E-state index contributed by atoms with van der Waals surface area (Å²) in [5, 5.41) is 5.17. The number of rotatable bonds is 7. The lowest BCUT2D eigenvalue weighted by molar-refractivity contribution is -0.130. The van der Waals surface area contributed by atoms with Gasteiger partial charge in [0.1, 0.15) is 0 Å². The van der Waals surface area contributed by atoms with Gasteiger partial charge in [0.15, 0.2) is 5.16 Å². The first kappa shape index (κ1) is 20.1. The molecule has 0 aliphatic carbocycles. The molecule has 0 radical (unpaired) electrons. The van der Waals surface area contributed by atoms with Gasteiger partial charge >= 0.3 is 0 Å². The lowest BCUT2D eigenvalue weighted by Gasteiger charge is -2.17. The lowest BCUT2D eigenvalue weighted by Crippen LogP contribution is -2.26. The third-order valence-corrected chi connectivity index (χ3v) is 5.22. The number of aryl methyl sites for hydroxylation is 2. The normalized spacial score (nSPS) is 10.9. The molecule has 0 spiro atoms. The molecule has 0 saturated heterocycles. The average Bonchev–Trinajstić information content (AvgIpc) is 3.16. The number of amides is 1. The summed E-state index contributed by atoms with van der Waals surface area (Å²) >= 11 is 1.53. The Morgan fingerprint density at radius 3 is 2.46 bits per heavy atom. The Hall–Kier alpha value is -2.67. The van der Waals surface area contributed by atoms with Crippen molar-refractivity contribution in [2.24, 2.45) is 0 Å². The maximum atomic E-state index is 12.6. The van der Waals surface area contributed by atoms with E-state index in [0.29, 0.717) is 19.4 Å². The highest BCUT2D eigenvalue weighted by atomic mass is 32.2. The molecule has 6 nitrogen and oxygen atoms in total. The lowest BCUT2D eigenvalue weighted by atomic mass is 10.1. The highest BCUT2D eigenvalue weighted by molar-refractivity contribution is 7.98. The van der Waals surface area contributed by atoms with E-state index in [1.165, 1.54) is 11.8 Å². The Balaban J connectivity index is 1.59. The fourth-order valence-corrected chi connectivity index (χ4v) is 3.57. The molecule has 3 rings (SSSR count). The summed E-state index contributed by atoms with van der Waals surface area (Å²) in [7, 11) is 1.83. The van der Waals surface area contributed by atoms with E-state index < -0.39 is 0 Å². The predicted molar refractivity (Wildman–Crippen MR) is 112 cm³/mol. The van der Waals surface area contributed by atoms with E-state index in [-0.39, 0.29) is 5.91 Å². The zero-order valence-corrected chi connectivity index (χ0v) is 17.5. The number of hydrogen-bond acceptors (Lipinski definition) is 5. The Morgan fingerprint density at radius 2 is 1.82 bits per heavy atom. The monoisotopic (exact) mass is 395 g/mol. The number of benzene rings is 1. The zero-order chi connectivity index (χ0) is 20.1. The minimum absolute atomic E-state index is 0.0974. The van der Waals surface area contributed by atoms with Gasteiger partial charge in [-0.1, -0.05) is 30.0 Å². The van der Waals surface area contributed by atoms with Crippen LogP contribution >= 0.6 is 11.8 Å². The summed E-state index contributed by atoms with van der Waals surface area (Å²) in [6, 6.07) is 9.93. The molecule has 28 heavy (non-hydrogen) atoms. The Morgan fingerprint density at radius 1 is 1.14 bits per heavy atom. The van der Waals surface area contributed by atoms with Gasteiger partial charge < -0.3 is 4.90 Å². The number of nitrogens with zero attached hydrogens (tertiary/aromatic N) is 5. The molecule has 0 unspecified atom stereocenters. The molecule has 0 saturated carbocycles. The van der Waals surface area contributed by atoms with Crippen LogP contribution in [0.15, 0.2) is 47.9 Å². The highest BCUT2D eigenvalue weighted by Crippen LogP contribution is 2.18. The van der Waals surface area contributed by atoms with Gasteiger partial charge in [-0.05, 0) is 44.2 Å². The largest absolute Gasteiger partial charge is 0.341 e. The molecule has 0 bridgehead atoms. The van der Waals surface area contributed by atoms with Crippen LogP contribution in [-0.2, 0) is 17.8 Å². The van der Waals surface area contributed by atoms with Crippen LogP contribution in [0.4, 0.5) is 0 Å². The van der Waals surface area contributed by atoms with Crippen LogP contribution in [0.3, 0.4) is 0 Å². The van der Waals surface area contributed by atoms with Gasteiger partial charge in [0, 0.05) is 43.2 Å². The van der Waals surface area contributed by atoms with Crippen LogP contribution in [-0.4, -0.2) is 43.9 Å². The van der Waals surface area contributed by atoms with Crippen molar-refractivity contribution in [2.45, 2.75) is 38.4 Å². The molecule has 1 aromatic carbocycles. The van der Waals surface area contributed by atoms with Crippen LogP contribution in [0.2, 0.25) is 0 Å². The molecule has 0 aliphatic rings. The molecule has 7 heteroatoms. The van der Waals surface area contributed by atoms with E-state index in [1.54, 1.807) is 11.1 Å².